The molecule has 4 aromatic rings. The zero-order valence-corrected chi connectivity index (χ0v) is 25.8. The molecule has 0 aliphatic carbocycles. The summed E-state index contributed by atoms with van der Waals surface area (Å²) in [6.07, 6.45) is -4.62. The van der Waals surface area contributed by atoms with E-state index in [1.807, 2.05) is 0 Å². The molecule has 9 nitrogen and oxygen atoms in total. The average molecular weight is 686 g/mol. The number of esters is 1. The Labute approximate surface area is 270 Å². The van der Waals surface area contributed by atoms with Crippen LogP contribution in [0.4, 0.5) is 34.6 Å². The Morgan fingerprint density at radius 3 is 2.09 bits per heavy atom. The number of hydrogen-bond donors (Lipinski definition) is 2. The van der Waals surface area contributed by atoms with Crippen LogP contribution < -0.4 is 14.9 Å². The zero-order valence-electron chi connectivity index (χ0n) is 24.2. The molecule has 242 valence electrons. The van der Waals surface area contributed by atoms with Crippen molar-refractivity contribution < 1.29 is 45.1 Å². The molecule has 0 saturated heterocycles. The molecule has 2 amide bonds. The van der Waals surface area contributed by atoms with Crippen molar-refractivity contribution >= 4 is 56.6 Å². The largest absolute Gasteiger partial charge is 0.465 e. The summed E-state index contributed by atoms with van der Waals surface area (Å²) in [5.41, 5.74) is -0.477. The lowest BCUT2D eigenvalue weighted by molar-refractivity contribution is -0.137. The third-order valence-corrected chi connectivity index (χ3v) is 9.05. The highest BCUT2D eigenvalue weighted by Gasteiger charge is 2.41. The van der Waals surface area contributed by atoms with Crippen molar-refractivity contribution in [3.05, 3.63) is 130 Å². The number of amides is 2. The minimum Gasteiger partial charge on any atom is -0.465 e. The SMILES string of the molecule is COC(=O)c1ccccc1CS(=O)(=O)Nc1ccc(SC2=C(Nc3ccc(F)cc3)C(=O)N(c3ccc(C(F)(F)F)cc3)C2=O)cc1. The number of nitrogens with one attached hydrogen (secondary N) is 2. The topological polar surface area (TPSA) is 122 Å². The van der Waals surface area contributed by atoms with Crippen LogP contribution in [0.15, 0.2) is 113 Å². The normalized spacial score (nSPS) is 13.6. The molecule has 0 fully saturated rings. The van der Waals surface area contributed by atoms with Crippen molar-refractivity contribution in [2.75, 3.05) is 22.0 Å². The molecule has 1 heterocycles. The molecule has 0 saturated carbocycles. The molecular formula is C32H23F4N3O6S2. The van der Waals surface area contributed by atoms with Crippen LogP contribution >= 0.6 is 11.8 Å². The standard InChI is InChI=1S/C32H23F4N3O6S2/c1-45-31(42)26-5-3-2-4-19(26)18-47(43,44)38-23-12-16-25(17-13-23)46-28-27(37-22-10-8-21(33)9-11-22)29(40)39(30(28)41)24-14-6-20(7-15-24)32(34,35)36/h2-17,37-38H,18H2,1H3. The Balaban J connectivity index is 1.38. The fourth-order valence-corrected chi connectivity index (χ4v) is 6.67. The summed E-state index contributed by atoms with van der Waals surface area (Å²) >= 11 is 0.859. The van der Waals surface area contributed by atoms with Gasteiger partial charge in [0.25, 0.3) is 11.8 Å². The van der Waals surface area contributed by atoms with Gasteiger partial charge in [0.15, 0.2) is 0 Å². The third-order valence-electron chi connectivity index (χ3n) is 6.72. The summed E-state index contributed by atoms with van der Waals surface area (Å²) in [7, 11) is -2.80. The predicted molar refractivity (Wildman–Crippen MR) is 167 cm³/mol. The molecule has 47 heavy (non-hydrogen) atoms. The van der Waals surface area contributed by atoms with E-state index in [2.05, 4.69) is 10.0 Å². The molecule has 5 rings (SSSR count). The van der Waals surface area contributed by atoms with E-state index in [1.54, 1.807) is 12.1 Å². The molecular weight excluding hydrogens is 662 g/mol. The summed E-state index contributed by atoms with van der Waals surface area (Å²) in [6.45, 7) is 0. The Morgan fingerprint density at radius 2 is 1.47 bits per heavy atom. The number of nitrogens with zero attached hydrogens (tertiary/aromatic N) is 1. The summed E-state index contributed by atoms with van der Waals surface area (Å²) in [5, 5.41) is 2.81. The average Bonchev–Trinajstić information content (AvgIpc) is 3.26. The second-order valence-corrected chi connectivity index (χ2v) is 12.8. The number of carbonyl (C=O) groups excluding carboxylic acids is 3. The number of hydrogen-bond acceptors (Lipinski definition) is 8. The highest BCUT2D eigenvalue weighted by atomic mass is 32.2. The van der Waals surface area contributed by atoms with Crippen molar-refractivity contribution in [1.82, 2.24) is 0 Å². The first-order valence-corrected chi connectivity index (χ1v) is 16.0. The number of imide groups is 1. The quantitative estimate of drug-likeness (QED) is 0.109. The van der Waals surface area contributed by atoms with E-state index in [0.717, 1.165) is 53.1 Å². The summed E-state index contributed by atoms with van der Waals surface area (Å²) in [5.74, 6) is -3.41. The van der Waals surface area contributed by atoms with E-state index in [0.29, 0.717) is 4.90 Å². The lowest BCUT2D eigenvalue weighted by Gasteiger charge is -2.16. The summed E-state index contributed by atoms with van der Waals surface area (Å²) in [6, 6.07) is 20.4. The molecule has 4 aromatic carbocycles. The minimum absolute atomic E-state index is 0.0967. The van der Waals surface area contributed by atoms with Gasteiger partial charge >= 0.3 is 12.1 Å². The number of ether oxygens (including phenoxy) is 1. The maximum atomic E-state index is 13.6. The van der Waals surface area contributed by atoms with Crippen LogP contribution in [-0.4, -0.2) is 33.3 Å². The second kappa shape index (κ2) is 13.3. The monoisotopic (exact) mass is 685 g/mol. The van der Waals surface area contributed by atoms with Crippen LogP contribution in [-0.2, 0) is 36.3 Å². The molecule has 0 unspecified atom stereocenters. The smallest absolute Gasteiger partial charge is 0.416 e. The van der Waals surface area contributed by atoms with Gasteiger partial charge < -0.3 is 10.1 Å². The first-order chi connectivity index (χ1) is 22.3. The van der Waals surface area contributed by atoms with Crippen molar-refractivity contribution in [3.8, 4) is 0 Å². The zero-order chi connectivity index (χ0) is 33.9. The maximum Gasteiger partial charge on any atom is 0.416 e. The van der Waals surface area contributed by atoms with Gasteiger partial charge in [-0.25, -0.2) is 22.5 Å². The Bertz CT molecular complexity index is 1980. The number of rotatable bonds is 10. The van der Waals surface area contributed by atoms with Gasteiger partial charge in [0.2, 0.25) is 10.0 Å². The van der Waals surface area contributed by atoms with Crippen molar-refractivity contribution in [1.29, 1.82) is 0 Å². The highest BCUT2D eigenvalue weighted by molar-refractivity contribution is 8.04. The molecule has 0 atom stereocenters. The predicted octanol–water partition coefficient (Wildman–Crippen LogP) is 6.56. The number of methoxy groups -OCH3 is 1. The van der Waals surface area contributed by atoms with E-state index < -0.39 is 51.1 Å². The van der Waals surface area contributed by atoms with Crippen LogP contribution in [0, 0.1) is 5.82 Å². The lowest BCUT2D eigenvalue weighted by atomic mass is 10.1. The number of sulfonamides is 1. The van der Waals surface area contributed by atoms with Gasteiger partial charge in [0, 0.05) is 16.3 Å². The van der Waals surface area contributed by atoms with E-state index >= 15 is 0 Å². The Hall–Kier alpha value is -5.15. The summed E-state index contributed by atoms with van der Waals surface area (Å²) in [4.78, 5) is 40.1. The first-order valence-electron chi connectivity index (χ1n) is 13.5. The van der Waals surface area contributed by atoms with E-state index in [-0.39, 0.29) is 38.8 Å². The van der Waals surface area contributed by atoms with Crippen LogP contribution in [0.25, 0.3) is 0 Å². The number of alkyl halides is 3. The third kappa shape index (κ3) is 7.64. The van der Waals surface area contributed by atoms with Crippen LogP contribution in [0.5, 0.6) is 0 Å². The Kier molecular flexibility index (Phi) is 9.40. The lowest BCUT2D eigenvalue weighted by Crippen LogP contribution is -2.32. The van der Waals surface area contributed by atoms with E-state index in [4.69, 9.17) is 4.74 Å². The minimum atomic E-state index is -4.62. The fourth-order valence-electron chi connectivity index (χ4n) is 4.51. The van der Waals surface area contributed by atoms with E-state index in [1.165, 1.54) is 55.6 Å². The summed E-state index contributed by atoms with van der Waals surface area (Å²) < 4.78 is 85.8. The van der Waals surface area contributed by atoms with Gasteiger partial charge in [-0.15, -0.1) is 0 Å². The molecule has 0 bridgehead atoms. The number of anilines is 3. The van der Waals surface area contributed by atoms with Crippen LogP contribution in [0.1, 0.15) is 21.5 Å². The molecule has 0 radical (unpaired) electrons. The van der Waals surface area contributed by atoms with Gasteiger partial charge in [-0.1, -0.05) is 30.0 Å². The number of carbonyl (C=O) groups is 3. The molecule has 1 aliphatic rings. The van der Waals surface area contributed by atoms with Gasteiger partial charge in [0.05, 0.1) is 29.7 Å². The number of benzene rings is 4. The second-order valence-electron chi connectivity index (χ2n) is 9.96. The first kappa shape index (κ1) is 33.2. The fraction of sp³-hybridized carbons (Fsp3) is 0.0938. The number of thioether (sulfide) groups is 1. The number of halogens is 4. The molecule has 15 heteroatoms. The molecule has 0 spiro atoms. The maximum absolute atomic E-state index is 13.6. The van der Waals surface area contributed by atoms with E-state index in [9.17, 15) is 40.4 Å². The molecule has 2 N–H and O–H groups in total. The van der Waals surface area contributed by atoms with Gasteiger partial charge in [-0.3, -0.25) is 14.3 Å². The van der Waals surface area contributed by atoms with Crippen LogP contribution in [0.3, 0.4) is 0 Å². The van der Waals surface area contributed by atoms with Gasteiger partial charge in [0.1, 0.15) is 16.4 Å². The molecule has 0 aromatic heterocycles. The Morgan fingerprint density at radius 1 is 0.851 bits per heavy atom. The molecule has 1 aliphatic heterocycles. The van der Waals surface area contributed by atoms with Crippen molar-refractivity contribution in [2.45, 2.75) is 16.8 Å². The highest BCUT2D eigenvalue weighted by Crippen LogP contribution is 2.39. The van der Waals surface area contributed by atoms with Crippen molar-refractivity contribution in [2.24, 2.45) is 0 Å². The van der Waals surface area contributed by atoms with Gasteiger partial charge in [-0.05, 0) is 84.4 Å². The van der Waals surface area contributed by atoms with Crippen LogP contribution in [0.2, 0.25) is 0 Å². The van der Waals surface area contributed by atoms with Crippen molar-refractivity contribution in [3.63, 3.8) is 0 Å². The van der Waals surface area contributed by atoms with Gasteiger partial charge in [-0.2, -0.15) is 13.2 Å².